The molecule has 18 heavy (non-hydrogen) atoms. The maximum atomic E-state index is 11.3. The van der Waals surface area contributed by atoms with Gasteiger partial charge >= 0.3 is 5.97 Å². The maximum Gasteiger partial charge on any atom is 0.310 e. The number of β-amino-alcohol motifs (C(OH)–C–C–N with tert-alkyl or cyclic N) is 1. The van der Waals surface area contributed by atoms with Gasteiger partial charge in [0.05, 0.1) is 11.0 Å². The normalized spacial score (nSPS) is 33.2. The van der Waals surface area contributed by atoms with Crippen LogP contribution in [0.3, 0.4) is 0 Å². The lowest BCUT2D eigenvalue weighted by molar-refractivity contribution is -0.152. The Labute approximate surface area is 109 Å². The van der Waals surface area contributed by atoms with E-state index in [1.807, 2.05) is 6.92 Å². The first-order chi connectivity index (χ1) is 8.44. The van der Waals surface area contributed by atoms with Gasteiger partial charge < -0.3 is 10.2 Å². The SMILES string of the molecule is CC1(C(=O)O)CCCN(CC2(O)CCCCC2)C1. The monoisotopic (exact) mass is 255 g/mol. The average molecular weight is 255 g/mol. The van der Waals surface area contributed by atoms with Gasteiger partial charge in [0.2, 0.25) is 0 Å². The van der Waals surface area contributed by atoms with Crippen molar-refractivity contribution >= 4 is 5.97 Å². The van der Waals surface area contributed by atoms with E-state index in [1.54, 1.807) is 0 Å². The molecule has 1 aliphatic heterocycles. The van der Waals surface area contributed by atoms with E-state index in [0.29, 0.717) is 13.1 Å². The molecular formula is C14H25NO3. The summed E-state index contributed by atoms with van der Waals surface area (Å²) in [7, 11) is 0. The zero-order valence-electron chi connectivity index (χ0n) is 11.3. The van der Waals surface area contributed by atoms with Crippen LogP contribution in [-0.2, 0) is 4.79 Å². The minimum Gasteiger partial charge on any atom is -0.481 e. The van der Waals surface area contributed by atoms with Crippen LogP contribution in [0, 0.1) is 5.41 Å². The molecular weight excluding hydrogens is 230 g/mol. The fourth-order valence-electron chi connectivity index (χ4n) is 3.44. The number of carbonyl (C=O) groups is 1. The molecule has 1 heterocycles. The zero-order chi connectivity index (χ0) is 13.2. The van der Waals surface area contributed by atoms with Gasteiger partial charge in [-0.05, 0) is 39.2 Å². The molecule has 2 rings (SSSR count). The molecule has 0 aromatic carbocycles. The maximum absolute atomic E-state index is 11.3. The van der Waals surface area contributed by atoms with Crippen LogP contribution in [0.4, 0.5) is 0 Å². The molecule has 0 amide bonds. The number of likely N-dealkylation sites (tertiary alicyclic amines) is 1. The third-order valence-corrected chi connectivity index (χ3v) is 4.59. The largest absolute Gasteiger partial charge is 0.481 e. The van der Waals surface area contributed by atoms with Crippen LogP contribution in [-0.4, -0.2) is 46.3 Å². The summed E-state index contributed by atoms with van der Waals surface area (Å²) in [6.07, 6.45) is 6.81. The smallest absolute Gasteiger partial charge is 0.310 e. The van der Waals surface area contributed by atoms with Gasteiger partial charge in [-0.1, -0.05) is 19.3 Å². The molecule has 0 aromatic rings. The summed E-state index contributed by atoms with van der Waals surface area (Å²) in [6, 6.07) is 0. The minimum absolute atomic E-state index is 0.574. The number of carboxylic acid groups (broad SMARTS) is 1. The summed E-state index contributed by atoms with van der Waals surface area (Å²) in [4.78, 5) is 13.5. The van der Waals surface area contributed by atoms with Crippen molar-refractivity contribution in [3.8, 4) is 0 Å². The van der Waals surface area contributed by atoms with E-state index in [0.717, 1.165) is 45.1 Å². The Kier molecular flexibility index (Phi) is 3.97. The second kappa shape index (κ2) is 5.17. The molecule has 1 saturated carbocycles. The molecule has 1 aliphatic carbocycles. The van der Waals surface area contributed by atoms with Crippen LogP contribution >= 0.6 is 0 Å². The third kappa shape index (κ3) is 3.04. The zero-order valence-corrected chi connectivity index (χ0v) is 11.3. The van der Waals surface area contributed by atoms with Crippen molar-refractivity contribution in [2.75, 3.05) is 19.6 Å². The number of aliphatic carboxylic acids is 1. The van der Waals surface area contributed by atoms with Gasteiger partial charge in [0.25, 0.3) is 0 Å². The number of carboxylic acids is 1. The molecule has 0 aromatic heterocycles. The van der Waals surface area contributed by atoms with E-state index in [4.69, 9.17) is 0 Å². The standard InChI is InChI=1S/C14H25NO3/c1-13(12(16)17)6-5-9-15(10-13)11-14(18)7-3-2-4-8-14/h18H,2-11H2,1H3,(H,16,17). The molecule has 0 spiro atoms. The predicted molar refractivity (Wildman–Crippen MR) is 69.5 cm³/mol. The molecule has 4 heteroatoms. The lowest BCUT2D eigenvalue weighted by Gasteiger charge is -2.42. The van der Waals surface area contributed by atoms with Crippen molar-refractivity contribution in [3.05, 3.63) is 0 Å². The number of piperidine rings is 1. The Hall–Kier alpha value is -0.610. The van der Waals surface area contributed by atoms with Gasteiger partial charge in [0.1, 0.15) is 0 Å². The van der Waals surface area contributed by atoms with E-state index in [2.05, 4.69) is 4.90 Å². The molecule has 1 atom stereocenters. The van der Waals surface area contributed by atoms with Crippen LogP contribution in [0.2, 0.25) is 0 Å². The third-order valence-electron chi connectivity index (χ3n) is 4.59. The Morgan fingerprint density at radius 1 is 1.17 bits per heavy atom. The first-order valence-corrected chi connectivity index (χ1v) is 7.12. The summed E-state index contributed by atoms with van der Waals surface area (Å²) >= 11 is 0. The fraction of sp³-hybridized carbons (Fsp3) is 0.929. The quantitative estimate of drug-likeness (QED) is 0.808. The molecule has 2 aliphatic rings. The molecule has 0 bridgehead atoms. The molecule has 1 saturated heterocycles. The van der Waals surface area contributed by atoms with Gasteiger partial charge in [-0.15, -0.1) is 0 Å². The lowest BCUT2D eigenvalue weighted by Crippen LogP contribution is -2.52. The van der Waals surface area contributed by atoms with Crippen molar-refractivity contribution in [3.63, 3.8) is 0 Å². The highest BCUT2D eigenvalue weighted by Crippen LogP contribution is 2.33. The van der Waals surface area contributed by atoms with Crippen molar-refractivity contribution in [1.29, 1.82) is 0 Å². The topological polar surface area (TPSA) is 60.8 Å². The van der Waals surface area contributed by atoms with Gasteiger partial charge in [0.15, 0.2) is 0 Å². The van der Waals surface area contributed by atoms with Gasteiger partial charge in [-0.3, -0.25) is 9.69 Å². The Morgan fingerprint density at radius 3 is 2.44 bits per heavy atom. The number of nitrogens with zero attached hydrogens (tertiary/aromatic N) is 1. The Bertz CT molecular complexity index is 312. The summed E-state index contributed by atoms with van der Waals surface area (Å²) in [5.41, 5.74) is -1.21. The highest BCUT2D eigenvalue weighted by molar-refractivity contribution is 5.74. The summed E-state index contributed by atoms with van der Waals surface area (Å²) in [6.45, 7) is 3.97. The average Bonchev–Trinajstić information content (AvgIpc) is 2.29. The second-order valence-corrected chi connectivity index (χ2v) is 6.47. The van der Waals surface area contributed by atoms with Gasteiger partial charge in [0, 0.05) is 13.1 Å². The van der Waals surface area contributed by atoms with Crippen molar-refractivity contribution in [2.24, 2.45) is 5.41 Å². The van der Waals surface area contributed by atoms with Crippen LogP contribution in [0.15, 0.2) is 0 Å². The van der Waals surface area contributed by atoms with E-state index in [9.17, 15) is 15.0 Å². The van der Waals surface area contributed by atoms with Crippen molar-refractivity contribution in [2.45, 2.75) is 57.5 Å². The van der Waals surface area contributed by atoms with Crippen LogP contribution < -0.4 is 0 Å². The van der Waals surface area contributed by atoms with Crippen LogP contribution in [0.1, 0.15) is 51.9 Å². The predicted octanol–water partition coefficient (Wildman–Crippen LogP) is 1.87. The molecule has 2 fully saturated rings. The highest BCUT2D eigenvalue weighted by atomic mass is 16.4. The number of rotatable bonds is 3. The number of hydrogen-bond acceptors (Lipinski definition) is 3. The van der Waals surface area contributed by atoms with E-state index < -0.39 is 17.0 Å². The van der Waals surface area contributed by atoms with Crippen molar-refractivity contribution < 1.29 is 15.0 Å². The van der Waals surface area contributed by atoms with Crippen LogP contribution in [0.25, 0.3) is 0 Å². The second-order valence-electron chi connectivity index (χ2n) is 6.47. The lowest BCUT2D eigenvalue weighted by atomic mass is 9.80. The van der Waals surface area contributed by atoms with Crippen LogP contribution in [0.5, 0.6) is 0 Å². The minimum atomic E-state index is -0.706. The number of aliphatic hydroxyl groups is 1. The number of hydrogen-bond donors (Lipinski definition) is 2. The first-order valence-electron chi connectivity index (χ1n) is 7.12. The van der Waals surface area contributed by atoms with Crippen molar-refractivity contribution in [1.82, 2.24) is 4.90 Å². The molecule has 0 radical (unpaired) electrons. The Morgan fingerprint density at radius 2 is 1.83 bits per heavy atom. The molecule has 4 nitrogen and oxygen atoms in total. The van der Waals surface area contributed by atoms with E-state index in [1.165, 1.54) is 6.42 Å². The first kappa shape index (κ1) is 13.8. The fourth-order valence-corrected chi connectivity index (χ4v) is 3.44. The summed E-state index contributed by atoms with van der Waals surface area (Å²) < 4.78 is 0. The van der Waals surface area contributed by atoms with E-state index >= 15 is 0 Å². The summed E-state index contributed by atoms with van der Waals surface area (Å²) in [5.74, 6) is -0.706. The van der Waals surface area contributed by atoms with Gasteiger partial charge in [-0.2, -0.15) is 0 Å². The molecule has 2 N–H and O–H groups in total. The highest BCUT2D eigenvalue weighted by Gasteiger charge is 2.40. The Balaban J connectivity index is 1.95. The molecule has 1 unspecified atom stereocenters. The van der Waals surface area contributed by atoms with E-state index in [-0.39, 0.29) is 0 Å². The molecule has 104 valence electrons. The van der Waals surface area contributed by atoms with Gasteiger partial charge in [-0.25, -0.2) is 0 Å². The summed E-state index contributed by atoms with van der Waals surface area (Å²) in [5, 5.41) is 19.8.